The number of aromatic nitrogens is 1. The molecule has 0 aliphatic heterocycles. The van der Waals surface area contributed by atoms with Gasteiger partial charge in [-0.2, -0.15) is 0 Å². The van der Waals surface area contributed by atoms with Crippen molar-refractivity contribution in [3.05, 3.63) is 56.7 Å². The number of methoxy groups -OCH3 is 2. The molecule has 0 aliphatic carbocycles. The van der Waals surface area contributed by atoms with Crippen molar-refractivity contribution in [2.24, 2.45) is 0 Å². The third kappa shape index (κ3) is 3.76. The lowest BCUT2D eigenvalue weighted by molar-refractivity contribution is 0.102. The summed E-state index contributed by atoms with van der Waals surface area (Å²) in [5.74, 6) is 0.479. The van der Waals surface area contributed by atoms with E-state index in [4.69, 9.17) is 48.8 Å². The second-order valence-electron chi connectivity index (χ2n) is 5.70. The molecule has 6 nitrogen and oxygen atoms in total. The number of carbonyl (C=O) groups is 1. The van der Waals surface area contributed by atoms with Crippen LogP contribution in [0.4, 0.5) is 5.69 Å². The highest BCUT2D eigenvalue weighted by Crippen LogP contribution is 2.40. The second kappa shape index (κ2) is 8.31. The Morgan fingerprint density at radius 3 is 2.18 bits per heavy atom. The van der Waals surface area contributed by atoms with Gasteiger partial charge < -0.3 is 19.3 Å². The summed E-state index contributed by atoms with van der Waals surface area (Å²) < 4.78 is 15.9. The van der Waals surface area contributed by atoms with Crippen molar-refractivity contribution in [1.29, 1.82) is 0 Å². The summed E-state index contributed by atoms with van der Waals surface area (Å²) in [6.45, 7) is 1.62. The van der Waals surface area contributed by atoms with Crippen LogP contribution in [-0.2, 0) is 0 Å². The Bertz CT molecular complexity index is 1000. The first-order chi connectivity index (χ1) is 13.4. The lowest BCUT2D eigenvalue weighted by Crippen LogP contribution is -2.15. The van der Waals surface area contributed by atoms with E-state index in [-0.39, 0.29) is 11.3 Å². The van der Waals surface area contributed by atoms with Gasteiger partial charge in [-0.1, -0.05) is 46.0 Å². The number of amides is 1. The van der Waals surface area contributed by atoms with Crippen LogP contribution >= 0.6 is 34.8 Å². The first-order valence-electron chi connectivity index (χ1n) is 8.00. The summed E-state index contributed by atoms with van der Waals surface area (Å²) in [7, 11) is 2.92. The molecule has 0 radical (unpaired) electrons. The van der Waals surface area contributed by atoms with Crippen LogP contribution in [0.5, 0.6) is 11.5 Å². The van der Waals surface area contributed by atoms with Crippen molar-refractivity contribution >= 4 is 46.4 Å². The lowest BCUT2D eigenvalue weighted by Gasteiger charge is -2.15. The number of rotatable bonds is 5. The van der Waals surface area contributed by atoms with E-state index < -0.39 is 5.91 Å². The van der Waals surface area contributed by atoms with Crippen molar-refractivity contribution in [2.45, 2.75) is 6.92 Å². The molecule has 1 N–H and O–H groups in total. The molecular weight excluding hydrogens is 427 g/mol. The number of nitrogens with zero attached hydrogens (tertiary/aromatic N) is 1. The predicted octanol–water partition coefficient (Wildman–Crippen LogP) is 5.88. The number of carbonyl (C=O) groups excluding carboxylic acids is 1. The quantitative estimate of drug-likeness (QED) is 0.535. The van der Waals surface area contributed by atoms with Crippen LogP contribution in [0, 0.1) is 6.92 Å². The van der Waals surface area contributed by atoms with E-state index in [2.05, 4.69) is 10.5 Å². The summed E-state index contributed by atoms with van der Waals surface area (Å²) in [5, 5.41) is 7.84. The Morgan fingerprint density at radius 2 is 1.64 bits per heavy atom. The van der Waals surface area contributed by atoms with Gasteiger partial charge in [0.2, 0.25) is 0 Å². The minimum atomic E-state index is -0.497. The maximum atomic E-state index is 13.1. The highest BCUT2D eigenvalue weighted by atomic mass is 35.5. The van der Waals surface area contributed by atoms with Gasteiger partial charge in [0.1, 0.15) is 34.2 Å². The van der Waals surface area contributed by atoms with Gasteiger partial charge in [-0.15, -0.1) is 0 Å². The molecule has 0 fully saturated rings. The first-order valence-corrected chi connectivity index (χ1v) is 9.14. The fraction of sp³-hybridized carbons (Fsp3) is 0.158. The zero-order chi connectivity index (χ0) is 20.4. The van der Waals surface area contributed by atoms with Gasteiger partial charge >= 0.3 is 0 Å². The molecule has 28 heavy (non-hydrogen) atoms. The maximum Gasteiger partial charge on any atom is 0.261 e. The minimum Gasteiger partial charge on any atom is -0.494 e. The normalized spacial score (nSPS) is 10.6. The number of halogens is 3. The van der Waals surface area contributed by atoms with Crippen LogP contribution < -0.4 is 14.8 Å². The molecule has 1 heterocycles. The Hall–Kier alpha value is -2.41. The van der Waals surface area contributed by atoms with Gasteiger partial charge in [0, 0.05) is 22.7 Å². The number of aryl methyl sites for hydroxylation is 1. The predicted molar refractivity (Wildman–Crippen MR) is 109 cm³/mol. The van der Waals surface area contributed by atoms with E-state index in [9.17, 15) is 4.79 Å². The van der Waals surface area contributed by atoms with Crippen molar-refractivity contribution in [1.82, 2.24) is 5.16 Å². The molecule has 1 aromatic heterocycles. The largest absolute Gasteiger partial charge is 0.494 e. The number of ether oxygens (including phenoxy) is 2. The third-order valence-electron chi connectivity index (χ3n) is 4.00. The van der Waals surface area contributed by atoms with Crippen molar-refractivity contribution in [3.63, 3.8) is 0 Å². The van der Waals surface area contributed by atoms with Gasteiger partial charge in [0.15, 0.2) is 0 Å². The van der Waals surface area contributed by atoms with Crippen LogP contribution in [0.25, 0.3) is 11.3 Å². The number of anilines is 1. The average Bonchev–Trinajstić information content (AvgIpc) is 3.03. The Labute approximate surface area is 176 Å². The number of benzene rings is 2. The van der Waals surface area contributed by atoms with Crippen LogP contribution in [0.15, 0.2) is 34.9 Å². The standard InChI is InChI=1S/C19H15Cl3N2O4/c1-9-15(18(24-28-9)16-11(21)5-4-6-12(16)22)19(25)23-17-13(26-2)7-10(20)8-14(17)27-3/h4-8H,1-3H3,(H,23,25). The summed E-state index contributed by atoms with van der Waals surface area (Å²) in [6.07, 6.45) is 0. The molecule has 0 spiro atoms. The van der Waals surface area contributed by atoms with Gasteiger partial charge in [-0.05, 0) is 19.1 Å². The summed E-state index contributed by atoms with van der Waals surface area (Å²) >= 11 is 18.6. The molecular formula is C19H15Cl3N2O4. The molecule has 0 bridgehead atoms. The molecule has 0 saturated carbocycles. The average molecular weight is 442 g/mol. The van der Waals surface area contributed by atoms with Gasteiger partial charge in [-0.3, -0.25) is 4.79 Å². The highest BCUT2D eigenvalue weighted by molar-refractivity contribution is 6.39. The minimum absolute atomic E-state index is 0.189. The van der Waals surface area contributed by atoms with Gasteiger partial charge in [0.05, 0.1) is 24.3 Å². The monoisotopic (exact) mass is 440 g/mol. The molecule has 3 rings (SSSR count). The first kappa shape index (κ1) is 20.3. The maximum absolute atomic E-state index is 13.1. The summed E-state index contributed by atoms with van der Waals surface area (Å²) in [4.78, 5) is 13.1. The van der Waals surface area contributed by atoms with Crippen LogP contribution in [0.3, 0.4) is 0 Å². The zero-order valence-electron chi connectivity index (χ0n) is 15.1. The number of nitrogens with one attached hydrogen (secondary N) is 1. The molecule has 9 heteroatoms. The Balaban J connectivity index is 2.08. The van der Waals surface area contributed by atoms with E-state index in [1.807, 2.05) is 0 Å². The highest BCUT2D eigenvalue weighted by Gasteiger charge is 2.26. The van der Waals surface area contributed by atoms with Crippen molar-refractivity contribution in [3.8, 4) is 22.8 Å². The van der Waals surface area contributed by atoms with Crippen LogP contribution in [-0.4, -0.2) is 25.3 Å². The third-order valence-corrected chi connectivity index (χ3v) is 4.85. The molecule has 0 unspecified atom stereocenters. The summed E-state index contributed by atoms with van der Waals surface area (Å²) in [5.41, 5.74) is 1.14. The van der Waals surface area contributed by atoms with Crippen molar-refractivity contribution in [2.75, 3.05) is 19.5 Å². The van der Waals surface area contributed by atoms with E-state index in [0.29, 0.717) is 43.6 Å². The SMILES string of the molecule is COc1cc(Cl)cc(OC)c1NC(=O)c1c(-c2c(Cl)cccc2Cl)noc1C. The topological polar surface area (TPSA) is 73.6 Å². The van der Waals surface area contributed by atoms with E-state index in [1.54, 1.807) is 37.3 Å². The van der Waals surface area contributed by atoms with Crippen LogP contribution in [0.1, 0.15) is 16.1 Å². The van der Waals surface area contributed by atoms with E-state index in [1.165, 1.54) is 14.2 Å². The fourth-order valence-electron chi connectivity index (χ4n) is 2.71. The number of hydrogen-bond donors (Lipinski definition) is 1. The molecule has 146 valence electrons. The van der Waals surface area contributed by atoms with Crippen LogP contribution in [0.2, 0.25) is 15.1 Å². The molecule has 1 amide bonds. The van der Waals surface area contributed by atoms with Gasteiger partial charge in [-0.25, -0.2) is 0 Å². The smallest absolute Gasteiger partial charge is 0.261 e. The molecule has 0 atom stereocenters. The van der Waals surface area contributed by atoms with Crippen molar-refractivity contribution < 1.29 is 18.8 Å². The Kier molecular flexibility index (Phi) is 6.03. The lowest BCUT2D eigenvalue weighted by atomic mass is 10.1. The molecule has 0 saturated heterocycles. The van der Waals surface area contributed by atoms with Gasteiger partial charge in [0.25, 0.3) is 5.91 Å². The van der Waals surface area contributed by atoms with E-state index in [0.717, 1.165) is 0 Å². The molecule has 2 aromatic carbocycles. The molecule has 0 aliphatic rings. The zero-order valence-corrected chi connectivity index (χ0v) is 17.4. The second-order valence-corrected chi connectivity index (χ2v) is 6.95. The fourth-order valence-corrected chi connectivity index (χ4v) is 3.49. The summed E-state index contributed by atoms with van der Waals surface area (Å²) in [6, 6.07) is 8.13. The Morgan fingerprint density at radius 1 is 1.07 bits per heavy atom. The molecule has 3 aromatic rings. The number of hydrogen-bond acceptors (Lipinski definition) is 5. The van der Waals surface area contributed by atoms with E-state index >= 15 is 0 Å².